The van der Waals surface area contributed by atoms with E-state index in [2.05, 4.69) is 25.4 Å². The molecule has 1 saturated heterocycles. The first kappa shape index (κ1) is 23.8. The quantitative estimate of drug-likeness (QED) is 0.505. The average Bonchev–Trinajstić information content (AvgIpc) is 3.40. The highest BCUT2D eigenvalue weighted by atomic mass is 16.5. The molecule has 2 N–H and O–H groups in total. The Hall–Kier alpha value is -3.39. The van der Waals surface area contributed by atoms with Gasteiger partial charge in [-0.3, -0.25) is 25.3 Å². The molecule has 2 fully saturated rings. The molecule has 0 bridgehead atoms. The lowest BCUT2D eigenvalue weighted by Gasteiger charge is -2.37. The Labute approximate surface area is 200 Å². The lowest BCUT2D eigenvalue weighted by Crippen LogP contribution is -2.47. The van der Waals surface area contributed by atoms with Crippen molar-refractivity contribution >= 4 is 23.5 Å². The molecule has 0 atom stereocenters. The number of anilines is 1. The number of nitrogens with zero attached hydrogens (tertiary/aromatic N) is 2. The van der Waals surface area contributed by atoms with Gasteiger partial charge in [-0.2, -0.15) is 0 Å². The molecule has 2 amide bonds. The first-order chi connectivity index (χ1) is 16.5. The van der Waals surface area contributed by atoms with Gasteiger partial charge in [0.05, 0.1) is 12.7 Å². The Morgan fingerprint density at radius 2 is 1.29 bits per heavy atom. The predicted octanol–water partition coefficient (Wildman–Crippen LogP) is 2.86. The number of ether oxygens (including phenoxy) is 1. The molecule has 0 aromatic heterocycles. The van der Waals surface area contributed by atoms with Gasteiger partial charge in [0.1, 0.15) is 0 Å². The van der Waals surface area contributed by atoms with Crippen LogP contribution in [0.4, 0.5) is 5.69 Å². The highest BCUT2D eigenvalue weighted by Gasteiger charge is 2.22. The van der Waals surface area contributed by atoms with Crippen molar-refractivity contribution in [3.63, 3.8) is 0 Å². The molecular weight excluding hydrogens is 432 g/mol. The van der Waals surface area contributed by atoms with Crippen molar-refractivity contribution in [1.29, 1.82) is 0 Å². The molecular formula is C26H32N4O4. The topological polar surface area (TPSA) is 91.0 Å². The maximum Gasteiger partial charge on any atom is 0.337 e. The van der Waals surface area contributed by atoms with Gasteiger partial charge in [-0.05, 0) is 67.3 Å². The highest BCUT2D eigenvalue weighted by Crippen LogP contribution is 2.26. The molecule has 1 aliphatic carbocycles. The number of benzene rings is 2. The average molecular weight is 465 g/mol. The SMILES string of the molecule is COC(=O)c1ccc(C(=O)NNC(=O)c2ccc(N3CCN(CC4CCCC4)CC3)cc2)cc1. The number of hydrogen-bond acceptors (Lipinski definition) is 6. The van der Waals surface area contributed by atoms with Gasteiger partial charge >= 0.3 is 5.97 Å². The third-order valence-corrected chi connectivity index (χ3v) is 6.72. The van der Waals surface area contributed by atoms with Gasteiger partial charge in [0.25, 0.3) is 11.8 Å². The van der Waals surface area contributed by atoms with Gasteiger partial charge in [0.2, 0.25) is 0 Å². The minimum Gasteiger partial charge on any atom is -0.465 e. The smallest absolute Gasteiger partial charge is 0.337 e. The summed E-state index contributed by atoms with van der Waals surface area (Å²) in [5.41, 5.74) is 7.06. The van der Waals surface area contributed by atoms with Crippen LogP contribution in [0.2, 0.25) is 0 Å². The molecule has 8 heteroatoms. The van der Waals surface area contributed by atoms with Crippen molar-refractivity contribution in [2.75, 3.05) is 44.7 Å². The molecule has 4 rings (SSSR count). The molecule has 0 radical (unpaired) electrons. The Bertz CT molecular complexity index is 992. The lowest BCUT2D eigenvalue weighted by molar-refractivity contribution is 0.0600. The number of esters is 1. The summed E-state index contributed by atoms with van der Waals surface area (Å²) in [5, 5.41) is 0. The zero-order valence-electron chi connectivity index (χ0n) is 19.6. The second-order valence-electron chi connectivity index (χ2n) is 8.96. The van der Waals surface area contributed by atoms with E-state index in [1.165, 1.54) is 63.6 Å². The van der Waals surface area contributed by atoms with Crippen LogP contribution in [-0.2, 0) is 4.74 Å². The van der Waals surface area contributed by atoms with Crippen molar-refractivity contribution < 1.29 is 19.1 Å². The van der Waals surface area contributed by atoms with Gasteiger partial charge in [-0.1, -0.05) is 12.8 Å². The van der Waals surface area contributed by atoms with Crippen LogP contribution >= 0.6 is 0 Å². The van der Waals surface area contributed by atoms with E-state index in [1.807, 2.05) is 12.1 Å². The van der Waals surface area contributed by atoms with Crippen molar-refractivity contribution in [1.82, 2.24) is 15.8 Å². The second kappa shape index (κ2) is 11.2. The molecule has 34 heavy (non-hydrogen) atoms. The van der Waals surface area contributed by atoms with Gasteiger partial charge in [0.15, 0.2) is 0 Å². The molecule has 2 aliphatic rings. The van der Waals surface area contributed by atoms with Crippen molar-refractivity contribution in [3.8, 4) is 0 Å². The summed E-state index contributed by atoms with van der Waals surface area (Å²) < 4.78 is 4.64. The number of piperazine rings is 1. The van der Waals surface area contributed by atoms with Crippen LogP contribution in [0.1, 0.15) is 56.8 Å². The zero-order chi connectivity index (χ0) is 23.9. The van der Waals surface area contributed by atoms with Crippen LogP contribution in [-0.4, -0.2) is 62.5 Å². The van der Waals surface area contributed by atoms with Crippen LogP contribution in [0.3, 0.4) is 0 Å². The number of carbonyl (C=O) groups excluding carboxylic acids is 3. The first-order valence-electron chi connectivity index (χ1n) is 11.9. The number of amides is 2. The monoisotopic (exact) mass is 464 g/mol. The molecule has 2 aromatic carbocycles. The van der Waals surface area contributed by atoms with Crippen LogP contribution in [0.25, 0.3) is 0 Å². The molecule has 1 aliphatic heterocycles. The molecule has 0 spiro atoms. The minimum atomic E-state index is -0.477. The molecule has 180 valence electrons. The van der Waals surface area contributed by atoms with Gasteiger partial charge in [-0.25, -0.2) is 4.79 Å². The van der Waals surface area contributed by atoms with Crippen molar-refractivity contribution in [3.05, 3.63) is 65.2 Å². The summed E-state index contributed by atoms with van der Waals surface area (Å²) in [6.45, 7) is 5.36. The molecule has 2 aromatic rings. The Balaban J connectivity index is 1.24. The largest absolute Gasteiger partial charge is 0.465 e. The normalized spacial score (nSPS) is 16.8. The number of nitrogens with one attached hydrogen (secondary N) is 2. The predicted molar refractivity (Wildman–Crippen MR) is 130 cm³/mol. The third kappa shape index (κ3) is 5.94. The van der Waals surface area contributed by atoms with E-state index >= 15 is 0 Å². The fraction of sp³-hybridized carbons (Fsp3) is 0.423. The highest BCUT2D eigenvalue weighted by molar-refractivity contribution is 5.99. The van der Waals surface area contributed by atoms with Crippen LogP contribution in [0.5, 0.6) is 0 Å². The standard InChI is InChI=1S/C26H32N4O4/c1-34-26(33)22-8-6-20(7-9-22)24(31)27-28-25(32)21-10-12-23(13-11-21)30-16-14-29(15-17-30)18-19-4-2-3-5-19/h6-13,19H,2-5,14-18H2,1H3,(H,27,31)(H,28,32). The number of carbonyl (C=O) groups is 3. The molecule has 8 nitrogen and oxygen atoms in total. The van der Waals surface area contributed by atoms with E-state index < -0.39 is 17.8 Å². The first-order valence-corrected chi connectivity index (χ1v) is 11.9. The minimum absolute atomic E-state index is 0.315. The van der Waals surface area contributed by atoms with Gasteiger partial charge in [0, 0.05) is 49.5 Å². The molecule has 0 unspecified atom stereocenters. The number of hydrogen-bond donors (Lipinski definition) is 2. The van der Waals surface area contributed by atoms with E-state index in [4.69, 9.17) is 0 Å². The fourth-order valence-electron chi connectivity index (χ4n) is 4.70. The summed E-state index contributed by atoms with van der Waals surface area (Å²) in [6, 6.07) is 13.4. The second-order valence-corrected chi connectivity index (χ2v) is 8.96. The lowest BCUT2D eigenvalue weighted by atomic mass is 10.1. The summed E-state index contributed by atoms with van der Waals surface area (Å²) >= 11 is 0. The number of methoxy groups -OCH3 is 1. The van der Waals surface area contributed by atoms with E-state index in [9.17, 15) is 14.4 Å². The number of hydrazine groups is 1. The maximum absolute atomic E-state index is 12.5. The van der Waals surface area contributed by atoms with Crippen molar-refractivity contribution in [2.24, 2.45) is 5.92 Å². The fourth-order valence-corrected chi connectivity index (χ4v) is 4.70. The molecule has 1 heterocycles. The maximum atomic E-state index is 12.5. The Kier molecular flexibility index (Phi) is 7.80. The van der Waals surface area contributed by atoms with Gasteiger partial charge < -0.3 is 9.64 Å². The van der Waals surface area contributed by atoms with E-state index in [0.717, 1.165) is 37.8 Å². The van der Waals surface area contributed by atoms with E-state index in [0.29, 0.717) is 16.7 Å². The van der Waals surface area contributed by atoms with E-state index in [-0.39, 0.29) is 0 Å². The number of rotatable bonds is 6. The third-order valence-electron chi connectivity index (χ3n) is 6.72. The summed E-state index contributed by atoms with van der Waals surface area (Å²) in [7, 11) is 1.29. The van der Waals surface area contributed by atoms with Crippen LogP contribution in [0, 0.1) is 5.92 Å². The van der Waals surface area contributed by atoms with Crippen LogP contribution < -0.4 is 15.8 Å². The van der Waals surface area contributed by atoms with Crippen molar-refractivity contribution in [2.45, 2.75) is 25.7 Å². The Morgan fingerprint density at radius 3 is 1.82 bits per heavy atom. The van der Waals surface area contributed by atoms with Crippen LogP contribution in [0.15, 0.2) is 48.5 Å². The molecule has 1 saturated carbocycles. The van der Waals surface area contributed by atoms with Gasteiger partial charge in [-0.15, -0.1) is 0 Å². The Morgan fingerprint density at radius 1 is 0.794 bits per heavy atom. The summed E-state index contributed by atoms with van der Waals surface area (Å²) in [4.78, 5) is 41.1. The summed E-state index contributed by atoms with van der Waals surface area (Å²) in [5.74, 6) is -0.469. The van der Waals surface area contributed by atoms with E-state index in [1.54, 1.807) is 12.1 Å². The summed E-state index contributed by atoms with van der Waals surface area (Å²) in [6.07, 6.45) is 5.54. The zero-order valence-corrected chi connectivity index (χ0v) is 19.6.